The van der Waals surface area contributed by atoms with Gasteiger partial charge in [0.05, 0.1) is 20.3 Å². The molecule has 0 radical (unpaired) electrons. The van der Waals surface area contributed by atoms with Crippen molar-refractivity contribution in [3.8, 4) is 17.2 Å². The SMILES string of the molecule is CCOc1ccc(CCC(=O)N(Cc2ccc(OC)cc2)C(C)C(=O)NC(C)(C)C)cc1OCC. The molecule has 1 atom stereocenters. The minimum atomic E-state index is -0.622. The molecule has 0 aliphatic carbocycles. The van der Waals surface area contributed by atoms with Gasteiger partial charge in [0.1, 0.15) is 11.8 Å². The molecule has 192 valence electrons. The Morgan fingerprint density at radius 3 is 2.11 bits per heavy atom. The lowest BCUT2D eigenvalue weighted by Crippen LogP contribution is -2.52. The molecule has 2 rings (SSSR count). The van der Waals surface area contributed by atoms with Crippen molar-refractivity contribution in [1.29, 1.82) is 0 Å². The fraction of sp³-hybridized carbons (Fsp3) is 0.500. The zero-order valence-corrected chi connectivity index (χ0v) is 22.1. The minimum absolute atomic E-state index is 0.0933. The van der Waals surface area contributed by atoms with Crippen molar-refractivity contribution < 1.29 is 23.8 Å². The van der Waals surface area contributed by atoms with Gasteiger partial charge in [-0.1, -0.05) is 18.2 Å². The Bertz CT molecular complexity index is 966. The van der Waals surface area contributed by atoms with Gasteiger partial charge >= 0.3 is 0 Å². The van der Waals surface area contributed by atoms with Crippen LogP contribution in [0, 0.1) is 0 Å². The van der Waals surface area contributed by atoms with E-state index >= 15 is 0 Å². The van der Waals surface area contributed by atoms with E-state index in [9.17, 15) is 9.59 Å². The summed E-state index contributed by atoms with van der Waals surface area (Å²) >= 11 is 0. The highest BCUT2D eigenvalue weighted by molar-refractivity contribution is 5.87. The molecular weight excluding hydrogens is 444 g/mol. The average Bonchev–Trinajstić information content (AvgIpc) is 2.81. The van der Waals surface area contributed by atoms with Gasteiger partial charge < -0.3 is 24.4 Å². The van der Waals surface area contributed by atoms with Crippen molar-refractivity contribution in [2.75, 3.05) is 20.3 Å². The van der Waals surface area contributed by atoms with Crippen LogP contribution in [0.2, 0.25) is 0 Å². The van der Waals surface area contributed by atoms with Crippen LogP contribution in [-0.2, 0) is 22.6 Å². The number of nitrogens with zero attached hydrogens (tertiary/aromatic N) is 1. The summed E-state index contributed by atoms with van der Waals surface area (Å²) in [6, 6.07) is 12.7. The standard InChI is InChI=1S/C28H40N2O5/c1-8-34-24-16-12-21(18-25(24)35-9-2)13-17-26(31)30(20(3)27(32)29-28(4,5)6)19-22-10-14-23(33-7)15-11-22/h10-12,14-16,18,20H,8-9,13,17,19H2,1-7H3,(H,29,32). The number of amides is 2. The highest BCUT2D eigenvalue weighted by Gasteiger charge is 2.28. The van der Waals surface area contributed by atoms with Crippen LogP contribution in [0.1, 0.15) is 59.1 Å². The van der Waals surface area contributed by atoms with E-state index in [-0.39, 0.29) is 18.2 Å². The predicted octanol–water partition coefficient (Wildman–Crippen LogP) is 4.76. The molecule has 2 aromatic carbocycles. The summed E-state index contributed by atoms with van der Waals surface area (Å²) in [5.74, 6) is 1.83. The molecule has 7 heteroatoms. The van der Waals surface area contributed by atoms with E-state index in [4.69, 9.17) is 14.2 Å². The Labute approximate surface area is 209 Å². The van der Waals surface area contributed by atoms with Crippen LogP contribution in [0.25, 0.3) is 0 Å². The van der Waals surface area contributed by atoms with Crippen molar-refractivity contribution in [2.24, 2.45) is 0 Å². The van der Waals surface area contributed by atoms with Gasteiger partial charge in [-0.2, -0.15) is 0 Å². The molecule has 1 N–H and O–H groups in total. The number of benzene rings is 2. The number of carbonyl (C=O) groups excluding carboxylic acids is 2. The molecular formula is C28H40N2O5. The number of hydrogen-bond acceptors (Lipinski definition) is 5. The smallest absolute Gasteiger partial charge is 0.242 e. The van der Waals surface area contributed by atoms with Crippen LogP contribution in [0.4, 0.5) is 0 Å². The number of ether oxygens (including phenoxy) is 3. The molecule has 0 saturated heterocycles. The van der Waals surface area contributed by atoms with Crippen molar-refractivity contribution in [1.82, 2.24) is 10.2 Å². The number of aryl methyl sites for hydroxylation is 1. The predicted molar refractivity (Wildman–Crippen MR) is 138 cm³/mol. The maximum atomic E-state index is 13.4. The summed E-state index contributed by atoms with van der Waals surface area (Å²) in [6.07, 6.45) is 0.793. The Morgan fingerprint density at radius 1 is 0.943 bits per heavy atom. The third-order valence-corrected chi connectivity index (χ3v) is 5.41. The molecule has 7 nitrogen and oxygen atoms in total. The van der Waals surface area contributed by atoms with Gasteiger partial charge in [-0.3, -0.25) is 9.59 Å². The van der Waals surface area contributed by atoms with Crippen LogP contribution in [0.5, 0.6) is 17.2 Å². The van der Waals surface area contributed by atoms with Crippen molar-refractivity contribution >= 4 is 11.8 Å². The highest BCUT2D eigenvalue weighted by Crippen LogP contribution is 2.29. The summed E-state index contributed by atoms with van der Waals surface area (Å²) in [5.41, 5.74) is 1.51. The lowest BCUT2D eigenvalue weighted by molar-refractivity contribution is -0.141. The van der Waals surface area contributed by atoms with Gasteiger partial charge in [0, 0.05) is 18.5 Å². The molecule has 0 heterocycles. The summed E-state index contributed by atoms with van der Waals surface area (Å²) in [7, 11) is 1.61. The van der Waals surface area contributed by atoms with Gasteiger partial charge in [-0.05, 0) is 83.4 Å². The van der Waals surface area contributed by atoms with E-state index in [1.807, 2.05) is 77.1 Å². The topological polar surface area (TPSA) is 77.1 Å². The van der Waals surface area contributed by atoms with Crippen LogP contribution in [0.15, 0.2) is 42.5 Å². The van der Waals surface area contributed by atoms with Gasteiger partial charge in [-0.15, -0.1) is 0 Å². The van der Waals surface area contributed by atoms with E-state index in [2.05, 4.69) is 5.32 Å². The van der Waals surface area contributed by atoms with Crippen LogP contribution in [0.3, 0.4) is 0 Å². The Balaban J connectivity index is 2.20. The molecule has 0 aliphatic rings. The Hall–Kier alpha value is -3.22. The fourth-order valence-corrected chi connectivity index (χ4v) is 3.63. The first-order valence-electron chi connectivity index (χ1n) is 12.2. The molecule has 0 saturated carbocycles. The van der Waals surface area contributed by atoms with Crippen LogP contribution < -0.4 is 19.5 Å². The number of hydrogen-bond donors (Lipinski definition) is 1. The lowest BCUT2D eigenvalue weighted by Gasteiger charge is -2.31. The third kappa shape index (κ3) is 8.81. The summed E-state index contributed by atoms with van der Waals surface area (Å²) in [6.45, 7) is 12.8. The normalized spacial score (nSPS) is 12.0. The second-order valence-electron chi connectivity index (χ2n) is 9.43. The molecule has 0 aromatic heterocycles. The Kier molecular flexibility index (Phi) is 10.4. The number of methoxy groups -OCH3 is 1. The van der Waals surface area contributed by atoms with Crippen molar-refractivity contribution in [3.05, 3.63) is 53.6 Å². The van der Waals surface area contributed by atoms with E-state index in [0.29, 0.717) is 37.7 Å². The first-order chi connectivity index (χ1) is 16.6. The minimum Gasteiger partial charge on any atom is -0.497 e. The maximum Gasteiger partial charge on any atom is 0.242 e. The van der Waals surface area contributed by atoms with Crippen LogP contribution >= 0.6 is 0 Å². The summed E-state index contributed by atoms with van der Waals surface area (Å²) < 4.78 is 16.6. The molecule has 0 aliphatic heterocycles. The highest BCUT2D eigenvalue weighted by atomic mass is 16.5. The van der Waals surface area contributed by atoms with E-state index in [1.165, 1.54) is 0 Å². The first kappa shape index (κ1) is 28.0. The van der Waals surface area contributed by atoms with Crippen LogP contribution in [-0.4, -0.2) is 48.6 Å². The zero-order chi connectivity index (χ0) is 26.0. The second-order valence-corrected chi connectivity index (χ2v) is 9.43. The molecule has 0 spiro atoms. The fourth-order valence-electron chi connectivity index (χ4n) is 3.63. The van der Waals surface area contributed by atoms with Crippen molar-refractivity contribution in [3.63, 3.8) is 0 Å². The van der Waals surface area contributed by atoms with Gasteiger partial charge in [0.2, 0.25) is 11.8 Å². The van der Waals surface area contributed by atoms with Gasteiger partial charge in [0.25, 0.3) is 0 Å². The average molecular weight is 485 g/mol. The quantitative estimate of drug-likeness (QED) is 0.470. The second kappa shape index (κ2) is 13.0. The molecule has 2 amide bonds. The maximum absolute atomic E-state index is 13.4. The molecule has 1 unspecified atom stereocenters. The summed E-state index contributed by atoms with van der Waals surface area (Å²) in [4.78, 5) is 28.0. The largest absolute Gasteiger partial charge is 0.497 e. The number of rotatable bonds is 12. The van der Waals surface area contributed by atoms with E-state index < -0.39 is 11.6 Å². The molecule has 0 bridgehead atoms. The van der Waals surface area contributed by atoms with E-state index in [0.717, 1.165) is 16.9 Å². The summed E-state index contributed by atoms with van der Waals surface area (Å²) in [5, 5.41) is 2.99. The molecule has 0 fully saturated rings. The Morgan fingerprint density at radius 2 is 1.54 bits per heavy atom. The molecule has 2 aromatic rings. The number of nitrogens with one attached hydrogen (secondary N) is 1. The zero-order valence-electron chi connectivity index (χ0n) is 22.1. The van der Waals surface area contributed by atoms with Crippen molar-refractivity contribution in [2.45, 2.75) is 72.5 Å². The lowest BCUT2D eigenvalue weighted by atomic mass is 10.1. The van der Waals surface area contributed by atoms with Gasteiger partial charge in [0.15, 0.2) is 11.5 Å². The third-order valence-electron chi connectivity index (χ3n) is 5.41. The molecule has 35 heavy (non-hydrogen) atoms. The monoisotopic (exact) mass is 484 g/mol. The first-order valence-corrected chi connectivity index (χ1v) is 12.2. The van der Waals surface area contributed by atoms with E-state index in [1.54, 1.807) is 18.9 Å². The van der Waals surface area contributed by atoms with Gasteiger partial charge in [-0.25, -0.2) is 0 Å². The number of carbonyl (C=O) groups is 2.